The van der Waals surface area contributed by atoms with Gasteiger partial charge in [-0.1, -0.05) is 30.7 Å². The highest BCUT2D eigenvalue weighted by Crippen LogP contribution is 2.18. The number of nitrogens with one attached hydrogen (secondary N) is 1. The highest BCUT2D eigenvalue weighted by molar-refractivity contribution is 5.23. The lowest BCUT2D eigenvalue weighted by Gasteiger charge is -2.26. The lowest BCUT2D eigenvalue weighted by atomic mass is 9.90. The summed E-state index contributed by atoms with van der Waals surface area (Å²) >= 11 is 0. The van der Waals surface area contributed by atoms with Gasteiger partial charge in [-0.3, -0.25) is 0 Å². The topological polar surface area (TPSA) is 15.3 Å². The molecule has 2 aliphatic rings. The van der Waals surface area contributed by atoms with Crippen molar-refractivity contribution < 1.29 is 0 Å². The minimum absolute atomic E-state index is 0.894. The fraction of sp³-hybridized carbons (Fsp3) is 0.684. The monoisotopic (exact) mass is 286 g/mol. The second kappa shape index (κ2) is 7.95. The van der Waals surface area contributed by atoms with Gasteiger partial charge < -0.3 is 10.2 Å². The molecular formula is C19H30N2. The maximum Gasteiger partial charge on any atom is 0.00218 e. The van der Waals surface area contributed by atoms with Gasteiger partial charge in [0.05, 0.1) is 0 Å². The van der Waals surface area contributed by atoms with Crippen molar-refractivity contribution in [1.29, 1.82) is 0 Å². The Morgan fingerprint density at radius 1 is 0.905 bits per heavy atom. The normalized spacial score (nSPS) is 21.5. The molecule has 2 nitrogen and oxygen atoms in total. The molecule has 2 fully saturated rings. The van der Waals surface area contributed by atoms with Crippen molar-refractivity contribution in [1.82, 2.24) is 10.2 Å². The van der Waals surface area contributed by atoms with Gasteiger partial charge in [0.15, 0.2) is 0 Å². The molecule has 0 radical (unpaired) electrons. The Balaban J connectivity index is 1.44. The van der Waals surface area contributed by atoms with Gasteiger partial charge in [-0.2, -0.15) is 0 Å². The minimum Gasteiger partial charge on any atom is -0.317 e. The summed E-state index contributed by atoms with van der Waals surface area (Å²) in [6.07, 6.45) is 9.40. The van der Waals surface area contributed by atoms with Gasteiger partial charge in [-0.25, -0.2) is 0 Å². The molecule has 1 aromatic rings. The van der Waals surface area contributed by atoms with Crippen molar-refractivity contribution in [3.05, 3.63) is 35.4 Å². The molecule has 2 saturated heterocycles. The van der Waals surface area contributed by atoms with Gasteiger partial charge in [-0.05, 0) is 81.7 Å². The first-order valence-corrected chi connectivity index (χ1v) is 8.91. The third-order valence-electron chi connectivity index (χ3n) is 5.17. The van der Waals surface area contributed by atoms with E-state index < -0.39 is 0 Å². The number of hydrogen-bond donors (Lipinski definition) is 1. The number of benzene rings is 1. The van der Waals surface area contributed by atoms with Crippen LogP contribution in [-0.2, 0) is 12.8 Å². The van der Waals surface area contributed by atoms with E-state index in [4.69, 9.17) is 0 Å². The Kier molecular flexibility index (Phi) is 5.70. The molecule has 3 rings (SSSR count). The van der Waals surface area contributed by atoms with E-state index in [0.29, 0.717) is 0 Å². The number of likely N-dealkylation sites (tertiary alicyclic amines) is 1. The first-order valence-electron chi connectivity index (χ1n) is 8.91. The van der Waals surface area contributed by atoms with Gasteiger partial charge in [0.25, 0.3) is 0 Å². The van der Waals surface area contributed by atoms with Gasteiger partial charge in [0.2, 0.25) is 0 Å². The molecule has 0 atom stereocenters. The molecular weight excluding hydrogens is 256 g/mol. The second-order valence-electron chi connectivity index (χ2n) is 6.87. The first kappa shape index (κ1) is 15.1. The number of rotatable bonds is 5. The summed E-state index contributed by atoms with van der Waals surface area (Å²) in [7, 11) is 0. The SMILES string of the molecule is c1cc(CC2CCNCC2)ccc1CCN1CCCCC1. The van der Waals surface area contributed by atoms with Crippen LogP contribution in [0.5, 0.6) is 0 Å². The zero-order chi connectivity index (χ0) is 14.3. The highest BCUT2D eigenvalue weighted by atomic mass is 15.1. The van der Waals surface area contributed by atoms with Crippen LogP contribution in [0.2, 0.25) is 0 Å². The van der Waals surface area contributed by atoms with Crippen LogP contribution in [0.15, 0.2) is 24.3 Å². The average molecular weight is 286 g/mol. The molecule has 2 heterocycles. The highest BCUT2D eigenvalue weighted by Gasteiger charge is 2.13. The van der Waals surface area contributed by atoms with Crippen molar-refractivity contribution in [2.45, 2.75) is 44.9 Å². The number of nitrogens with zero attached hydrogens (tertiary/aromatic N) is 1. The summed E-state index contributed by atoms with van der Waals surface area (Å²) in [6, 6.07) is 9.46. The van der Waals surface area contributed by atoms with Crippen LogP contribution in [-0.4, -0.2) is 37.6 Å². The van der Waals surface area contributed by atoms with Crippen molar-refractivity contribution >= 4 is 0 Å². The molecule has 1 N–H and O–H groups in total. The molecule has 0 spiro atoms. The van der Waals surface area contributed by atoms with E-state index in [2.05, 4.69) is 34.5 Å². The third kappa shape index (κ3) is 4.82. The van der Waals surface area contributed by atoms with Gasteiger partial charge >= 0.3 is 0 Å². The maximum absolute atomic E-state index is 3.45. The van der Waals surface area contributed by atoms with Crippen molar-refractivity contribution in [3.8, 4) is 0 Å². The lowest BCUT2D eigenvalue weighted by Crippen LogP contribution is -2.31. The van der Waals surface area contributed by atoms with E-state index in [1.54, 1.807) is 0 Å². The van der Waals surface area contributed by atoms with Crippen LogP contribution in [0.4, 0.5) is 0 Å². The van der Waals surface area contributed by atoms with Crippen molar-refractivity contribution in [2.75, 3.05) is 32.7 Å². The maximum atomic E-state index is 3.45. The van der Waals surface area contributed by atoms with E-state index in [0.717, 1.165) is 5.92 Å². The standard InChI is InChI=1S/C19H30N2/c1-2-13-21(14-3-1)15-10-17-4-6-18(7-5-17)16-19-8-11-20-12-9-19/h4-7,19-20H,1-3,8-16H2. The Bertz CT molecular complexity index is 400. The summed E-state index contributed by atoms with van der Waals surface area (Å²) in [6.45, 7) is 6.28. The molecule has 0 aliphatic carbocycles. The summed E-state index contributed by atoms with van der Waals surface area (Å²) in [5.74, 6) is 0.894. The molecule has 0 aromatic heterocycles. The third-order valence-corrected chi connectivity index (χ3v) is 5.17. The van der Waals surface area contributed by atoms with E-state index in [-0.39, 0.29) is 0 Å². The molecule has 0 unspecified atom stereocenters. The summed E-state index contributed by atoms with van der Waals surface area (Å²) in [5, 5.41) is 3.45. The average Bonchev–Trinajstić information content (AvgIpc) is 2.56. The molecule has 0 saturated carbocycles. The van der Waals surface area contributed by atoms with Gasteiger partial charge in [-0.15, -0.1) is 0 Å². The lowest BCUT2D eigenvalue weighted by molar-refractivity contribution is 0.231. The van der Waals surface area contributed by atoms with Gasteiger partial charge in [0, 0.05) is 6.54 Å². The van der Waals surface area contributed by atoms with Crippen LogP contribution >= 0.6 is 0 Å². The first-order chi connectivity index (χ1) is 10.4. The second-order valence-corrected chi connectivity index (χ2v) is 6.87. The van der Waals surface area contributed by atoms with E-state index in [1.165, 1.54) is 88.8 Å². The van der Waals surface area contributed by atoms with E-state index >= 15 is 0 Å². The van der Waals surface area contributed by atoms with E-state index in [9.17, 15) is 0 Å². The fourth-order valence-electron chi connectivity index (χ4n) is 3.73. The molecule has 0 amide bonds. The molecule has 116 valence electrons. The Labute approximate surface area is 129 Å². The van der Waals surface area contributed by atoms with Crippen LogP contribution in [0, 0.1) is 5.92 Å². The quantitative estimate of drug-likeness (QED) is 0.894. The smallest absolute Gasteiger partial charge is 0.00218 e. The predicted molar refractivity (Wildman–Crippen MR) is 89.7 cm³/mol. The molecule has 21 heavy (non-hydrogen) atoms. The molecule has 2 aliphatic heterocycles. The van der Waals surface area contributed by atoms with Crippen molar-refractivity contribution in [3.63, 3.8) is 0 Å². The summed E-state index contributed by atoms with van der Waals surface area (Å²) in [4.78, 5) is 2.63. The zero-order valence-corrected chi connectivity index (χ0v) is 13.3. The van der Waals surface area contributed by atoms with E-state index in [1.807, 2.05) is 0 Å². The van der Waals surface area contributed by atoms with Crippen LogP contribution in [0.25, 0.3) is 0 Å². The predicted octanol–water partition coefficient (Wildman–Crippen LogP) is 3.26. The van der Waals surface area contributed by atoms with Crippen molar-refractivity contribution in [2.24, 2.45) is 5.92 Å². The summed E-state index contributed by atoms with van der Waals surface area (Å²) in [5.41, 5.74) is 3.04. The zero-order valence-electron chi connectivity index (χ0n) is 13.3. The Hall–Kier alpha value is -0.860. The fourth-order valence-corrected chi connectivity index (χ4v) is 3.73. The Morgan fingerprint density at radius 2 is 1.57 bits per heavy atom. The van der Waals surface area contributed by atoms with Crippen LogP contribution in [0.3, 0.4) is 0 Å². The van der Waals surface area contributed by atoms with Crippen LogP contribution in [0.1, 0.15) is 43.2 Å². The van der Waals surface area contributed by atoms with Gasteiger partial charge in [0.1, 0.15) is 0 Å². The largest absolute Gasteiger partial charge is 0.317 e. The molecule has 2 heteroatoms. The molecule has 1 aromatic carbocycles. The number of hydrogen-bond acceptors (Lipinski definition) is 2. The molecule has 0 bridgehead atoms. The Morgan fingerprint density at radius 3 is 2.29 bits per heavy atom. The summed E-state index contributed by atoms with van der Waals surface area (Å²) < 4.78 is 0. The minimum atomic E-state index is 0.894. The van der Waals surface area contributed by atoms with Crippen LogP contribution < -0.4 is 5.32 Å². The number of piperidine rings is 2.